The van der Waals surface area contributed by atoms with E-state index in [1.165, 1.54) is 4.88 Å². The molecule has 0 aliphatic heterocycles. The van der Waals surface area contributed by atoms with Crippen molar-refractivity contribution in [2.45, 2.75) is 27.2 Å². The molecular formula is C11H18ClNS. The molecule has 0 saturated carbocycles. The molecule has 14 heavy (non-hydrogen) atoms. The highest BCUT2D eigenvalue weighted by Crippen LogP contribution is 2.31. The van der Waals surface area contributed by atoms with Crippen LogP contribution < -0.4 is 5.73 Å². The summed E-state index contributed by atoms with van der Waals surface area (Å²) in [5, 5.41) is 0. The summed E-state index contributed by atoms with van der Waals surface area (Å²) < 4.78 is 0.865. The summed E-state index contributed by atoms with van der Waals surface area (Å²) in [4.78, 5) is 1.33. The fourth-order valence-corrected chi connectivity index (χ4v) is 2.61. The van der Waals surface area contributed by atoms with Crippen LogP contribution in [0.15, 0.2) is 12.1 Å². The standard InChI is InChI=1S/C11H18ClNS/c1-11(2,3)8(7-13)6-9-4-5-10(12)14-9/h4-5,8H,6-7,13H2,1-3H3. The Morgan fingerprint density at radius 3 is 2.43 bits per heavy atom. The Hall–Kier alpha value is -0.0500. The van der Waals surface area contributed by atoms with E-state index in [-0.39, 0.29) is 5.41 Å². The van der Waals surface area contributed by atoms with Gasteiger partial charge in [-0.3, -0.25) is 0 Å². The lowest BCUT2D eigenvalue weighted by molar-refractivity contribution is 0.247. The minimum absolute atomic E-state index is 0.269. The zero-order valence-corrected chi connectivity index (χ0v) is 10.6. The van der Waals surface area contributed by atoms with Crippen molar-refractivity contribution >= 4 is 22.9 Å². The molecule has 1 heterocycles. The summed E-state index contributed by atoms with van der Waals surface area (Å²) in [6, 6.07) is 4.05. The number of hydrogen-bond donors (Lipinski definition) is 1. The largest absolute Gasteiger partial charge is 0.330 e. The van der Waals surface area contributed by atoms with Crippen LogP contribution in [0.25, 0.3) is 0 Å². The van der Waals surface area contributed by atoms with Crippen molar-refractivity contribution in [1.82, 2.24) is 0 Å². The molecule has 0 bridgehead atoms. The number of halogens is 1. The predicted molar refractivity (Wildman–Crippen MR) is 65.0 cm³/mol. The third kappa shape index (κ3) is 3.26. The van der Waals surface area contributed by atoms with Gasteiger partial charge >= 0.3 is 0 Å². The average Bonchev–Trinajstić information content (AvgIpc) is 2.45. The van der Waals surface area contributed by atoms with E-state index < -0.39 is 0 Å². The van der Waals surface area contributed by atoms with Crippen molar-refractivity contribution in [2.75, 3.05) is 6.54 Å². The van der Waals surface area contributed by atoms with E-state index in [0.29, 0.717) is 5.92 Å². The second-order valence-corrected chi connectivity index (χ2v) is 6.51. The summed E-state index contributed by atoms with van der Waals surface area (Å²) in [5.74, 6) is 0.525. The van der Waals surface area contributed by atoms with Crippen LogP contribution in [0.1, 0.15) is 25.6 Å². The summed E-state index contributed by atoms with van der Waals surface area (Å²) in [6.45, 7) is 7.44. The van der Waals surface area contributed by atoms with Crippen LogP contribution in [-0.2, 0) is 6.42 Å². The molecule has 1 atom stereocenters. The number of hydrogen-bond acceptors (Lipinski definition) is 2. The van der Waals surface area contributed by atoms with Crippen LogP contribution in [0.5, 0.6) is 0 Å². The minimum Gasteiger partial charge on any atom is -0.330 e. The Morgan fingerprint density at radius 2 is 2.07 bits per heavy atom. The van der Waals surface area contributed by atoms with E-state index in [1.54, 1.807) is 11.3 Å². The molecule has 80 valence electrons. The molecule has 0 fully saturated rings. The van der Waals surface area contributed by atoms with Crippen LogP contribution in [0, 0.1) is 11.3 Å². The molecule has 1 nitrogen and oxygen atoms in total. The molecule has 0 amide bonds. The zero-order valence-electron chi connectivity index (χ0n) is 9.01. The quantitative estimate of drug-likeness (QED) is 0.846. The van der Waals surface area contributed by atoms with Crippen LogP contribution >= 0.6 is 22.9 Å². The van der Waals surface area contributed by atoms with E-state index in [2.05, 4.69) is 26.8 Å². The molecule has 1 unspecified atom stereocenters. The van der Waals surface area contributed by atoms with Crippen molar-refractivity contribution in [2.24, 2.45) is 17.1 Å². The van der Waals surface area contributed by atoms with E-state index >= 15 is 0 Å². The maximum atomic E-state index is 5.89. The van der Waals surface area contributed by atoms with Gasteiger partial charge in [0.15, 0.2) is 0 Å². The maximum absolute atomic E-state index is 5.89. The molecule has 1 aromatic rings. The van der Waals surface area contributed by atoms with Gasteiger partial charge in [0.05, 0.1) is 4.34 Å². The molecule has 1 aromatic heterocycles. The van der Waals surface area contributed by atoms with Crippen LogP contribution in [0.3, 0.4) is 0 Å². The van der Waals surface area contributed by atoms with Gasteiger partial charge in [-0.2, -0.15) is 0 Å². The molecule has 0 radical (unpaired) electrons. The number of nitrogens with two attached hydrogens (primary N) is 1. The highest BCUT2D eigenvalue weighted by atomic mass is 35.5. The molecule has 1 rings (SSSR count). The number of thiophene rings is 1. The Balaban J connectivity index is 2.66. The maximum Gasteiger partial charge on any atom is 0.0931 e. The SMILES string of the molecule is CC(C)(C)C(CN)Cc1ccc(Cl)s1. The average molecular weight is 232 g/mol. The third-order valence-electron chi connectivity index (χ3n) is 2.59. The summed E-state index contributed by atoms with van der Waals surface area (Å²) in [7, 11) is 0. The van der Waals surface area contributed by atoms with Gasteiger partial charge in [0.2, 0.25) is 0 Å². The van der Waals surface area contributed by atoms with Gasteiger partial charge in [-0.1, -0.05) is 32.4 Å². The molecule has 2 N–H and O–H groups in total. The van der Waals surface area contributed by atoms with Crippen LogP contribution in [0.4, 0.5) is 0 Å². The van der Waals surface area contributed by atoms with Crippen LogP contribution in [-0.4, -0.2) is 6.54 Å². The second-order valence-electron chi connectivity index (χ2n) is 4.71. The lowest BCUT2D eigenvalue weighted by Gasteiger charge is -2.29. The van der Waals surface area contributed by atoms with Gasteiger partial charge in [0.1, 0.15) is 0 Å². The minimum atomic E-state index is 0.269. The monoisotopic (exact) mass is 231 g/mol. The number of rotatable bonds is 3. The zero-order chi connectivity index (χ0) is 10.8. The second kappa shape index (κ2) is 4.65. The first kappa shape index (κ1) is 12.0. The molecular weight excluding hydrogens is 214 g/mol. The topological polar surface area (TPSA) is 26.0 Å². The van der Waals surface area contributed by atoms with Crippen molar-refractivity contribution in [3.05, 3.63) is 21.3 Å². The summed E-state index contributed by atoms with van der Waals surface area (Å²) >= 11 is 7.55. The fraction of sp³-hybridized carbons (Fsp3) is 0.636. The molecule has 0 aliphatic carbocycles. The van der Waals surface area contributed by atoms with Crippen LogP contribution in [0.2, 0.25) is 4.34 Å². The smallest absolute Gasteiger partial charge is 0.0931 e. The van der Waals surface area contributed by atoms with E-state index in [9.17, 15) is 0 Å². The lowest BCUT2D eigenvalue weighted by atomic mass is 9.78. The molecule has 0 spiro atoms. The Kier molecular flexibility index (Phi) is 3.99. The van der Waals surface area contributed by atoms with Gasteiger partial charge in [0.25, 0.3) is 0 Å². The summed E-state index contributed by atoms with van der Waals surface area (Å²) in [5.41, 5.74) is 6.05. The predicted octanol–water partition coefficient (Wildman–Crippen LogP) is 3.57. The first-order chi connectivity index (χ1) is 6.43. The molecule has 0 aliphatic rings. The van der Waals surface area contributed by atoms with E-state index in [0.717, 1.165) is 17.3 Å². The van der Waals surface area contributed by atoms with E-state index in [1.807, 2.05) is 6.07 Å². The van der Waals surface area contributed by atoms with Gasteiger partial charge in [-0.05, 0) is 36.4 Å². The van der Waals surface area contributed by atoms with E-state index in [4.69, 9.17) is 17.3 Å². The van der Waals surface area contributed by atoms with Gasteiger partial charge in [0, 0.05) is 4.88 Å². The highest BCUT2D eigenvalue weighted by molar-refractivity contribution is 7.16. The fourth-order valence-electron chi connectivity index (χ4n) is 1.45. The van der Waals surface area contributed by atoms with Gasteiger partial charge in [-0.15, -0.1) is 11.3 Å². The first-order valence-electron chi connectivity index (χ1n) is 4.87. The lowest BCUT2D eigenvalue weighted by Crippen LogP contribution is -2.29. The first-order valence-corrected chi connectivity index (χ1v) is 6.07. The third-order valence-corrected chi connectivity index (χ3v) is 3.84. The van der Waals surface area contributed by atoms with Crippen molar-refractivity contribution < 1.29 is 0 Å². The van der Waals surface area contributed by atoms with Crippen molar-refractivity contribution in [3.8, 4) is 0 Å². The van der Waals surface area contributed by atoms with Crippen molar-refractivity contribution in [3.63, 3.8) is 0 Å². The summed E-state index contributed by atoms with van der Waals surface area (Å²) in [6.07, 6.45) is 1.04. The molecule has 3 heteroatoms. The molecule has 0 saturated heterocycles. The van der Waals surface area contributed by atoms with Gasteiger partial charge in [-0.25, -0.2) is 0 Å². The normalized spacial score (nSPS) is 14.4. The highest BCUT2D eigenvalue weighted by Gasteiger charge is 2.23. The van der Waals surface area contributed by atoms with Gasteiger partial charge < -0.3 is 5.73 Å². The Morgan fingerprint density at radius 1 is 1.43 bits per heavy atom. The van der Waals surface area contributed by atoms with Crippen molar-refractivity contribution in [1.29, 1.82) is 0 Å². The molecule has 0 aromatic carbocycles. The Bertz CT molecular complexity index is 288. The Labute approximate surface area is 95.3 Å².